The van der Waals surface area contributed by atoms with Gasteiger partial charge >= 0.3 is 0 Å². The fourth-order valence-electron chi connectivity index (χ4n) is 5.05. The van der Waals surface area contributed by atoms with Crippen LogP contribution in [0.1, 0.15) is 6.92 Å². The molecule has 2 aromatic carbocycles. The van der Waals surface area contributed by atoms with Crippen molar-refractivity contribution < 1.29 is 64.2 Å². The number of aromatic hydroxyl groups is 2. The third kappa shape index (κ3) is 5.99. The molecule has 0 aliphatic carbocycles. The van der Waals surface area contributed by atoms with Gasteiger partial charge in [0.15, 0.2) is 16.9 Å². The summed E-state index contributed by atoms with van der Waals surface area (Å²) in [5.74, 6) is -0.516. The molecule has 0 radical (unpaired) electrons. The van der Waals surface area contributed by atoms with E-state index in [1.807, 2.05) is 0 Å². The third-order valence-electron chi connectivity index (χ3n) is 7.54. The topological polar surface area (TPSA) is 241 Å². The number of aliphatic hydroxyl groups excluding tert-OH is 6. The zero-order valence-corrected chi connectivity index (χ0v) is 23.0. The van der Waals surface area contributed by atoms with Crippen molar-refractivity contribution in [3.05, 3.63) is 46.6 Å². The lowest BCUT2D eigenvalue weighted by molar-refractivity contribution is -0.274. The number of phenols is 2. The van der Waals surface area contributed by atoms with E-state index in [2.05, 4.69) is 5.32 Å². The molecule has 0 unspecified atom stereocenters. The molecular formula is C28H33NO14. The Morgan fingerprint density at radius 2 is 1.56 bits per heavy atom. The van der Waals surface area contributed by atoms with E-state index in [1.54, 1.807) is 0 Å². The standard InChI is InChI=1S/C28H33NO14/c1-10-21(33)23(35)25(37)27(40-10)29-9-19-22(34)24(36)26(38)28(43-19)41-12-6-14(31)20-15(32)8-16(42-18(20)7-12)11-3-4-13(30)17(5-11)39-2/h3-8,10,19,21-31,33-38H,9H2,1-2H3/t10-,19+,21-,22+,23+,24-,25+,26+,27+,28+/m0/s1. The van der Waals surface area contributed by atoms with Gasteiger partial charge in [-0.15, -0.1) is 0 Å². The normalized spacial score (nSPS) is 32.9. The van der Waals surface area contributed by atoms with E-state index in [1.165, 1.54) is 38.3 Å². The first-order valence-electron chi connectivity index (χ1n) is 13.4. The number of aliphatic hydroxyl groups is 6. The second-order valence-electron chi connectivity index (χ2n) is 10.5. The molecule has 2 aliphatic rings. The lowest BCUT2D eigenvalue weighted by Gasteiger charge is -2.43. The van der Waals surface area contributed by atoms with E-state index in [9.17, 15) is 45.6 Å². The average molecular weight is 608 g/mol. The molecule has 0 bridgehead atoms. The third-order valence-corrected chi connectivity index (χ3v) is 7.54. The monoisotopic (exact) mass is 607 g/mol. The van der Waals surface area contributed by atoms with Crippen LogP contribution in [0.5, 0.6) is 23.0 Å². The molecule has 1 aromatic heterocycles. The minimum Gasteiger partial charge on any atom is -0.507 e. The van der Waals surface area contributed by atoms with Crippen molar-refractivity contribution in [2.24, 2.45) is 0 Å². The van der Waals surface area contributed by atoms with Gasteiger partial charge in [0, 0.05) is 30.3 Å². The van der Waals surface area contributed by atoms with Crippen LogP contribution in [0.15, 0.2) is 45.6 Å². The van der Waals surface area contributed by atoms with Crippen molar-refractivity contribution in [2.75, 3.05) is 13.7 Å². The Hall–Kier alpha value is -3.51. The highest BCUT2D eigenvalue weighted by atomic mass is 16.7. The first kappa shape index (κ1) is 30.9. The van der Waals surface area contributed by atoms with Crippen LogP contribution in [-0.4, -0.2) is 116 Å². The first-order valence-corrected chi connectivity index (χ1v) is 13.4. The number of rotatable bonds is 7. The number of ether oxygens (including phenoxy) is 4. The largest absolute Gasteiger partial charge is 0.507 e. The van der Waals surface area contributed by atoms with Gasteiger partial charge in [0.05, 0.1) is 13.2 Å². The number of phenolic OH excluding ortho intramolecular Hbond substituents is 2. The summed E-state index contributed by atoms with van der Waals surface area (Å²) in [6.07, 6.45) is -14.2. The number of methoxy groups -OCH3 is 1. The molecule has 5 rings (SSSR count). The second kappa shape index (κ2) is 12.2. The van der Waals surface area contributed by atoms with Gasteiger partial charge in [0.25, 0.3) is 0 Å². The van der Waals surface area contributed by atoms with Crippen LogP contribution in [0, 0.1) is 0 Å². The Bertz CT molecular complexity index is 1510. The number of benzene rings is 2. The summed E-state index contributed by atoms with van der Waals surface area (Å²) in [6, 6.07) is 7.81. The Balaban J connectivity index is 1.37. The Kier molecular flexibility index (Phi) is 8.80. The first-order chi connectivity index (χ1) is 20.4. The van der Waals surface area contributed by atoms with E-state index in [0.29, 0.717) is 5.56 Å². The summed E-state index contributed by atoms with van der Waals surface area (Å²) >= 11 is 0. The van der Waals surface area contributed by atoms with Crippen LogP contribution >= 0.6 is 0 Å². The minimum absolute atomic E-state index is 0.0880. The zero-order valence-electron chi connectivity index (χ0n) is 23.0. The smallest absolute Gasteiger partial charge is 0.229 e. The lowest BCUT2D eigenvalue weighted by atomic mass is 9.97. The Labute approximate surface area is 243 Å². The van der Waals surface area contributed by atoms with Gasteiger partial charge in [-0.1, -0.05) is 0 Å². The van der Waals surface area contributed by atoms with Crippen molar-refractivity contribution in [3.8, 4) is 34.3 Å². The molecule has 0 saturated carbocycles. The molecule has 43 heavy (non-hydrogen) atoms. The van der Waals surface area contributed by atoms with Gasteiger partial charge in [-0.25, -0.2) is 0 Å². The van der Waals surface area contributed by atoms with Gasteiger partial charge in [0.1, 0.15) is 77.2 Å². The summed E-state index contributed by atoms with van der Waals surface area (Å²) in [6.45, 7) is 1.25. The van der Waals surface area contributed by atoms with Gasteiger partial charge in [-0.05, 0) is 25.1 Å². The summed E-state index contributed by atoms with van der Waals surface area (Å²) in [4.78, 5) is 12.8. The van der Waals surface area contributed by atoms with Crippen molar-refractivity contribution in [2.45, 2.75) is 68.3 Å². The highest BCUT2D eigenvalue weighted by molar-refractivity contribution is 5.86. The molecule has 2 saturated heterocycles. The number of hydrogen-bond acceptors (Lipinski definition) is 15. The van der Waals surface area contributed by atoms with E-state index in [4.69, 9.17) is 23.4 Å². The van der Waals surface area contributed by atoms with Crippen LogP contribution in [-0.2, 0) is 9.47 Å². The Morgan fingerprint density at radius 1 is 0.837 bits per heavy atom. The quantitative estimate of drug-likeness (QED) is 0.148. The predicted molar refractivity (Wildman–Crippen MR) is 145 cm³/mol. The summed E-state index contributed by atoms with van der Waals surface area (Å²) in [7, 11) is 1.36. The molecule has 10 atom stereocenters. The molecule has 3 heterocycles. The van der Waals surface area contributed by atoms with E-state index >= 15 is 0 Å². The summed E-state index contributed by atoms with van der Waals surface area (Å²) in [5, 5.41) is 84.8. The fourth-order valence-corrected chi connectivity index (χ4v) is 5.05. The van der Waals surface area contributed by atoms with Gasteiger partial charge in [-0.2, -0.15) is 0 Å². The Morgan fingerprint density at radius 3 is 2.28 bits per heavy atom. The van der Waals surface area contributed by atoms with Crippen LogP contribution in [0.2, 0.25) is 0 Å². The van der Waals surface area contributed by atoms with Crippen LogP contribution in [0.3, 0.4) is 0 Å². The molecule has 3 aromatic rings. The van der Waals surface area contributed by atoms with E-state index in [0.717, 1.165) is 12.1 Å². The van der Waals surface area contributed by atoms with Crippen molar-refractivity contribution in [1.29, 1.82) is 0 Å². The number of hydrogen-bond donors (Lipinski definition) is 9. The molecule has 15 heteroatoms. The number of nitrogens with one attached hydrogen (secondary N) is 1. The maximum atomic E-state index is 12.8. The molecular weight excluding hydrogens is 574 g/mol. The molecule has 15 nitrogen and oxygen atoms in total. The van der Waals surface area contributed by atoms with Crippen molar-refractivity contribution >= 4 is 11.0 Å². The SMILES string of the molecule is COc1cc(-c2cc(=O)c3c(O)cc(O[C@@H]4O[C@H](CN[C@@H]5O[C@@H](C)[C@H](O)[C@@H](O)[C@H]5O)[C@@H](O)[C@H](O)[C@H]4O)cc3o2)ccc1O. The molecule has 2 aliphatic heterocycles. The minimum atomic E-state index is -1.75. The maximum Gasteiger partial charge on any atom is 0.229 e. The van der Waals surface area contributed by atoms with E-state index < -0.39 is 72.5 Å². The molecule has 0 spiro atoms. The second-order valence-corrected chi connectivity index (χ2v) is 10.5. The average Bonchev–Trinajstić information content (AvgIpc) is 2.97. The summed E-state index contributed by atoms with van der Waals surface area (Å²) in [5.41, 5.74) is -0.279. The van der Waals surface area contributed by atoms with Gasteiger partial charge in [0.2, 0.25) is 6.29 Å². The van der Waals surface area contributed by atoms with Crippen molar-refractivity contribution in [1.82, 2.24) is 5.32 Å². The van der Waals surface area contributed by atoms with Gasteiger partial charge < -0.3 is 64.2 Å². The highest BCUT2D eigenvalue weighted by Crippen LogP contribution is 2.35. The predicted octanol–water partition coefficient (Wildman–Crippen LogP) is -1.52. The summed E-state index contributed by atoms with van der Waals surface area (Å²) < 4.78 is 27.8. The maximum absolute atomic E-state index is 12.8. The van der Waals surface area contributed by atoms with E-state index in [-0.39, 0.29) is 40.5 Å². The van der Waals surface area contributed by atoms with Crippen LogP contribution in [0.25, 0.3) is 22.3 Å². The van der Waals surface area contributed by atoms with Gasteiger partial charge in [-0.3, -0.25) is 10.1 Å². The fraction of sp³-hybridized carbons (Fsp3) is 0.464. The molecule has 2 fully saturated rings. The molecule has 234 valence electrons. The lowest BCUT2D eigenvalue weighted by Crippen LogP contribution is -2.64. The van der Waals surface area contributed by atoms with Crippen LogP contribution in [0.4, 0.5) is 0 Å². The van der Waals surface area contributed by atoms with Crippen molar-refractivity contribution in [3.63, 3.8) is 0 Å². The number of fused-ring (bicyclic) bond motifs is 1. The molecule has 9 N–H and O–H groups in total. The van der Waals surface area contributed by atoms with Crippen LogP contribution < -0.4 is 20.2 Å². The highest BCUT2D eigenvalue weighted by Gasteiger charge is 2.46. The molecule has 0 amide bonds. The zero-order chi connectivity index (χ0) is 31.2.